The second-order valence-corrected chi connectivity index (χ2v) is 6.82. The molecule has 0 aliphatic carbocycles. The fourth-order valence-electron chi connectivity index (χ4n) is 1.46. The minimum atomic E-state index is -0.0929. The van der Waals surface area contributed by atoms with Crippen molar-refractivity contribution in [2.45, 2.75) is 37.4 Å². The topological polar surface area (TPSA) is 60.2 Å². The molecule has 1 saturated heterocycles. The lowest BCUT2D eigenvalue weighted by Crippen LogP contribution is -2.33. The summed E-state index contributed by atoms with van der Waals surface area (Å²) in [6, 6.07) is 0. The van der Waals surface area contributed by atoms with Crippen molar-refractivity contribution in [3.8, 4) is 0 Å². The second kappa shape index (κ2) is 5.37. The number of morpholine rings is 1. The molecule has 0 aromatic carbocycles. The van der Waals surface area contributed by atoms with E-state index in [2.05, 4.69) is 36.2 Å². The van der Waals surface area contributed by atoms with E-state index in [0.717, 1.165) is 24.7 Å². The van der Waals surface area contributed by atoms with Gasteiger partial charge in [0.05, 0.1) is 12.4 Å². The molecule has 17 heavy (non-hydrogen) atoms. The van der Waals surface area contributed by atoms with Crippen LogP contribution in [0.4, 0.5) is 0 Å². The van der Waals surface area contributed by atoms with Crippen LogP contribution >= 0.6 is 11.8 Å². The van der Waals surface area contributed by atoms with Crippen LogP contribution in [-0.2, 0) is 10.5 Å². The molecule has 1 aromatic rings. The SMILES string of the molecule is CC(C)(C)SCc1noc(C2CNCCO2)n1. The quantitative estimate of drug-likeness (QED) is 0.890. The van der Waals surface area contributed by atoms with Crippen LogP contribution in [0.3, 0.4) is 0 Å². The Balaban J connectivity index is 1.91. The molecule has 1 aliphatic rings. The highest BCUT2D eigenvalue weighted by Crippen LogP contribution is 2.26. The van der Waals surface area contributed by atoms with Crippen molar-refractivity contribution in [3.05, 3.63) is 11.7 Å². The number of hydrogen-bond acceptors (Lipinski definition) is 6. The lowest BCUT2D eigenvalue weighted by Gasteiger charge is -2.20. The third-order valence-corrected chi connectivity index (χ3v) is 3.59. The molecular formula is C11H19N3O2S. The minimum Gasteiger partial charge on any atom is -0.366 e. The standard InChI is InChI=1S/C11H19N3O2S/c1-11(2,3)17-7-9-13-10(16-14-9)8-6-12-4-5-15-8/h8,12H,4-7H2,1-3H3. The van der Waals surface area contributed by atoms with E-state index in [1.165, 1.54) is 0 Å². The van der Waals surface area contributed by atoms with Gasteiger partial charge in [-0.25, -0.2) is 0 Å². The molecule has 1 fully saturated rings. The van der Waals surface area contributed by atoms with Crippen LogP contribution in [0, 0.1) is 0 Å². The van der Waals surface area contributed by atoms with Crippen LogP contribution in [0.25, 0.3) is 0 Å². The summed E-state index contributed by atoms with van der Waals surface area (Å²) in [6.45, 7) is 8.84. The van der Waals surface area contributed by atoms with Crippen LogP contribution in [0.5, 0.6) is 0 Å². The lowest BCUT2D eigenvalue weighted by molar-refractivity contribution is 0.00755. The molecule has 1 unspecified atom stereocenters. The molecule has 2 rings (SSSR count). The maximum atomic E-state index is 5.56. The van der Waals surface area contributed by atoms with Gasteiger partial charge in [-0.05, 0) is 0 Å². The Bertz CT molecular complexity index is 356. The van der Waals surface area contributed by atoms with Gasteiger partial charge in [0.25, 0.3) is 5.89 Å². The normalized spacial score (nSPS) is 21.7. The van der Waals surface area contributed by atoms with Crippen molar-refractivity contribution < 1.29 is 9.26 Å². The van der Waals surface area contributed by atoms with Gasteiger partial charge in [0, 0.05) is 17.8 Å². The van der Waals surface area contributed by atoms with Gasteiger partial charge in [-0.15, -0.1) is 11.8 Å². The highest BCUT2D eigenvalue weighted by Gasteiger charge is 2.22. The summed E-state index contributed by atoms with van der Waals surface area (Å²) in [4.78, 5) is 4.37. The number of hydrogen-bond donors (Lipinski definition) is 1. The van der Waals surface area contributed by atoms with Crippen molar-refractivity contribution in [1.29, 1.82) is 0 Å². The number of nitrogens with zero attached hydrogens (tertiary/aromatic N) is 2. The van der Waals surface area contributed by atoms with Gasteiger partial charge in [-0.3, -0.25) is 0 Å². The summed E-state index contributed by atoms with van der Waals surface area (Å²) in [5, 5.41) is 7.22. The predicted octanol–water partition coefficient (Wildman–Crippen LogP) is 1.76. The molecule has 0 amide bonds. The monoisotopic (exact) mass is 257 g/mol. The van der Waals surface area contributed by atoms with E-state index >= 15 is 0 Å². The average molecular weight is 257 g/mol. The maximum Gasteiger partial charge on any atom is 0.257 e. The smallest absolute Gasteiger partial charge is 0.257 e. The van der Waals surface area contributed by atoms with E-state index in [1.54, 1.807) is 11.8 Å². The fraction of sp³-hybridized carbons (Fsp3) is 0.818. The van der Waals surface area contributed by atoms with Gasteiger partial charge in [0.15, 0.2) is 5.82 Å². The molecule has 0 spiro atoms. The van der Waals surface area contributed by atoms with Gasteiger partial charge in [0.2, 0.25) is 0 Å². The molecule has 1 N–H and O–H groups in total. The number of ether oxygens (including phenoxy) is 1. The van der Waals surface area contributed by atoms with Crippen LogP contribution in [0.2, 0.25) is 0 Å². The zero-order chi connectivity index (χ0) is 12.3. The van der Waals surface area contributed by atoms with Gasteiger partial charge in [0.1, 0.15) is 6.10 Å². The maximum absolute atomic E-state index is 5.56. The molecule has 2 heterocycles. The zero-order valence-corrected chi connectivity index (χ0v) is 11.3. The summed E-state index contributed by atoms with van der Waals surface area (Å²) in [5.41, 5.74) is 0. The number of rotatable bonds is 3. The summed E-state index contributed by atoms with van der Waals surface area (Å²) >= 11 is 1.81. The van der Waals surface area contributed by atoms with Gasteiger partial charge in [-0.1, -0.05) is 25.9 Å². The minimum absolute atomic E-state index is 0.0929. The largest absolute Gasteiger partial charge is 0.366 e. The third kappa shape index (κ3) is 3.97. The Hall–Kier alpha value is -0.590. The van der Waals surface area contributed by atoms with E-state index in [4.69, 9.17) is 9.26 Å². The summed E-state index contributed by atoms with van der Waals surface area (Å²) in [7, 11) is 0. The van der Waals surface area contributed by atoms with Crippen molar-refractivity contribution in [2.75, 3.05) is 19.7 Å². The van der Waals surface area contributed by atoms with Crippen molar-refractivity contribution >= 4 is 11.8 Å². The van der Waals surface area contributed by atoms with Crippen molar-refractivity contribution in [3.63, 3.8) is 0 Å². The number of aromatic nitrogens is 2. The first kappa shape index (κ1) is 12.9. The van der Waals surface area contributed by atoms with E-state index < -0.39 is 0 Å². The highest BCUT2D eigenvalue weighted by molar-refractivity contribution is 7.99. The van der Waals surface area contributed by atoms with Crippen molar-refractivity contribution in [1.82, 2.24) is 15.5 Å². The van der Waals surface area contributed by atoms with Gasteiger partial charge in [-0.2, -0.15) is 4.98 Å². The molecule has 0 radical (unpaired) electrons. The lowest BCUT2D eigenvalue weighted by atomic mass is 10.3. The second-order valence-electron chi connectivity index (χ2n) is 5.01. The Labute approximate surface area is 106 Å². The predicted molar refractivity (Wildman–Crippen MR) is 66.9 cm³/mol. The van der Waals surface area contributed by atoms with Crippen LogP contribution in [0.1, 0.15) is 38.6 Å². The summed E-state index contributed by atoms with van der Waals surface area (Å²) < 4.78 is 11.0. The van der Waals surface area contributed by atoms with Gasteiger partial charge >= 0.3 is 0 Å². The summed E-state index contributed by atoms with van der Waals surface area (Å²) in [5.74, 6) is 2.10. The molecule has 5 nitrogen and oxygen atoms in total. The molecule has 96 valence electrons. The highest BCUT2D eigenvalue weighted by atomic mass is 32.2. The first-order valence-corrected chi connectivity index (χ1v) is 6.82. The molecule has 0 saturated carbocycles. The van der Waals surface area contributed by atoms with E-state index in [0.29, 0.717) is 12.5 Å². The van der Waals surface area contributed by atoms with Crippen LogP contribution < -0.4 is 5.32 Å². The van der Waals surface area contributed by atoms with E-state index in [-0.39, 0.29) is 10.9 Å². The fourth-order valence-corrected chi connectivity index (χ4v) is 2.14. The molecule has 1 aromatic heterocycles. The van der Waals surface area contributed by atoms with E-state index in [1.807, 2.05) is 0 Å². The average Bonchev–Trinajstić information content (AvgIpc) is 2.75. The number of nitrogens with one attached hydrogen (secondary N) is 1. The van der Waals surface area contributed by atoms with Crippen LogP contribution in [-0.4, -0.2) is 34.6 Å². The molecule has 1 aliphatic heterocycles. The van der Waals surface area contributed by atoms with Crippen LogP contribution in [0.15, 0.2) is 4.52 Å². The van der Waals surface area contributed by atoms with Crippen molar-refractivity contribution in [2.24, 2.45) is 0 Å². The number of thioether (sulfide) groups is 1. The Morgan fingerprint density at radius 3 is 2.94 bits per heavy atom. The van der Waals surface area contributed by atoms with Gasteiger partial charge < -0.3 is 14.6 Å². The molecule has 0 bridgehead atoms. The third-order valence-electron chi connectivity index (χ3n) is 2.32. The van der Waals surface area contributed by atoms with E-state index in [9.17, 15) is 0 Å². The Kier molecular flexibility index (Phi) is 4.06. The summed E-state index contributed by atoms with van der Waals surface area (Å²) in [6.07, 6.45) is -0.0929. The molecule has 6 heteroatoms. The Morgan fingerprint density at radius 1 is 1.47 bits per heavy atom. The Morgan fingerprint density at radius 2 is 2.29 bits per heavy atom. The first-order chi connectivity index (χ1) is 8.04. The zero-order valence-electron chi connectivity index (χ0n) is 10.5. The molecule has 1 atom stereocenters. The molecular weight excluding hydrogens is 238 g/mol. The first-order valence-electron chi connectivity index (χ1n) is 5.83.